The first-order chi connectivity index (χ1) is 14.0. The van der Waals surface area contributed by atoms with Crippen LogP contribution in [0.15, 0.2) is 48.5 Å². The Kier molecular flexibility index (Phi) is 3.36. The van der Waals surface area contributed by atoms with E-state index in [9.17, 15) is 14.4 Å². The monoisotopic (exact) mass is 408 g/mol. The van der Waals surface area contributed by atoms with Crippen molar-refractivity contribution in [3.63, 3.8) is 0 Å². The zero-order chi connectivity index (χ0) is 19.9. The first-order valence-corrected chi connectivity index (χ1v) is 10.3. The van der Waals surface area contributed by atoms with E-state index in [2.05, 4.69) is 5.32 Å². The van der Waals surface area contributed by atoms with Crippen LogP contribution >= 0.6 is 11.6 Å². The van der Waals surface area contributed by atoms with E-state index in [1.807, 2.05) is 24.3 Å². The van der Waals surface area contributed by atoms with Crippen LogP contribution in [0.1, 0.15) is 18.4 Å². The largest absolute Gasteiger partial charge is 0.320 e. The predicted molar refractivity (Wildman–Crippen MR) is 107 cm³/mol. The Morgan fingerprint density at radius 1 is 1.03 bits per heavy atom. The van der Waals surface area contributed by atoms with E-state index in [-0.39, 0.29) is 23.8 Å². The average molecular weight is 409 g/mol. The number of halogens is 1. The first-order valence-electron chi connectivity index (χ1n) is 9.95. The molecule has 0 radical (unpaired) electrons. The van der Waals surface area contributed by atoms with Crippen molar-refractivity contribution < 1.29 is 19.3 Å². The number of carbonyl (C=O) groups excluding carboxylic acids is 3. The van der Waals surface area contributed by atoms with Gasteiger partial charge < -0.3 is 10.2 Å². The number of para-hydroxylation sites is 1. The number of quaternary nitrogens is 1. The first kappa shape index (κ1) is 17.2. The van der Waals surface area contributed by atoms with Gasteiger partial charge in [-0.2, -0.15) is 0 Å². The molecule has 6 rings (SSSR count). The third kappa shape index (κ3) is 1.93. The summed E-state index contributed by atoms with van der Waals surface area (Å²) in [6.45, 7) is 0.793. The van der Waals surface area contributed by atoms with Gasteiger partial charge in [0.2, 0.25) is 17.4 Å². The lowest BCUT2D eigenvalue weighted by atomic mass is 9.75. The van der Waals surface area contributed by atoms with Gasteiger partial charge in [0.05, 0.1) is 17.9 Å². The number of hydrogen-bond donors (Lipinski definition) is 2. The molecule has 2 aromatic rings. The van der Waals surface area contributed by atoms with Gasteiger partial charge in [0, 0.05) is 23.4 Å². The van der Waals surface area contributed by atoms with Gasteiger partial charge in [0.25, 0.3) is 5.91 Å². The van der Waals surface area contributed by atoms with E-state index in [0.717, 1.165) is 35.5 Å². The number of rotatable bonds is 1. The molecule has 0 saturated carbocycles. The van der Waals surface area contributed by atoms with Gasteiger partial charge >= 0.3 is 0 Å². The second-order valence-electron chi connectivity index (χ2n) is 8.32. The molecule has 0 bridgehead atoms. The van der Waals surface area contributed by atoms with Crippen LogP contribution in [0.5, 0.6) is 0 Å². The number of benzene rings is 2. The van der Waals surface area contributed by atoms with Crippen molar-refractivity contribution in [3.05, 3.63) is 59.1 Å². The molecule has 3 fully saturated rings. The molecule has 7 heteroatoms. The molecule has 2 aromatic carbocycles. The van der Waals surface area contributed by atoms with Crippen molar-refractivity contribution in [2.45, 2.75) is 24.4 Å². The van der Waals surface area contributed by atoms with Gasteiger partial charge in [-0.05, 0) is 30.3 Å². The SMILES string of the molecule is O=C1[C@@H]2[C@H]3CCC[NH+]3[C@@]3(C(=O)Nc4ccccc43)[C@@H]2C(=O)N1c1ccc(Cl)cc1. The lowest BCUT2D eigenvalue weighted by molar-refractivity contribution is -0.948. The molecule has 4 aliphatic rings. The van der Waals surface area contributed by atoms with E-state index < -0.39 is 17.4 Å². The minimum atomic E-state index is -1.03. The Morgan fingerprint density at radius 2 is 1.79 bits per heavy atom. The molecule has 3 amide bonds. The molecular formula is C22H19ClN3O3+. The number of nitrogens with zero attached hydrogens (tertiary/aromatic N) is 1. The summed E-state index contributed by atoms with van der Waals surface area (Å²) in [4.78, 5) is 43.0. The fourth-order valence-corrected chi connectivity index (χ4v) is 6.39. The maximum atomic E-state index is 13.7. The van der Waals surface area contributed by atoms with Gasteiger partial charge in [-0.1, -0.05) is 29.8 Å². The molecule has 3 saturated heterocycles. The molecule has 1 spiro atoms. The summed E-state index contributed by atoms with van der Waals surface area (Å²) in [7, 11) is 0. The van der Waals surface area contributed by atoms with E-state index in [0.29, 0.717) is 10.7 Å². The Bertz CT molecular complexity index is 1080. The van der Waals surface area contributed by atoms with Crippen LogP contribution in [-0.2, 0) is 19.9 Å². The standard InChI is InChI=1S/C22H18ClN3O3/c23-12-7-9-13(10-8-12)26-19(27)17-16-6-3-11-25(16)22(18(17)20(26)28)14-4-1-2-5-15(14)24-21(22)29/h1-2,4-5,7-10,16-18H,3,6,11H2,(H,24,29)/p+1/t16-,17-,18+,22-/m1/s1. The number of nitrogens with one attached hydrogen (secondary N) is 2. The Balaban J connectivity index is 1.55. The average Bonchev–Trinajstić information content (AvgIpc) is 3.41. The molecule has 4 heterocycles. The van der Waals surface area contributed by atoms with E-state index in [1.165, 1.54) is 4.90 Å². The highest BCUT2D eigenvalue weighted by Crippen LogP contribution is 2.52. The molecular weight excluding hydrogens is 390 g/mol. The van der Waals surface area contributed by atoms with Crippen molar-refractivity contribution in [2.75, 3.05) is 16.8 Å². The molecule has 4 aliphatic heterocycles. The maximum absolute atomic E-state index is 13.7. The number of carbonyl (C=O) groups is 3. The Labute approximate surface area is 172 Å². The summed E-state index contributed by atoms with van der Waals surface area (Å²) in [6, 6.07) is 14.3. The van der Waals surface area contributed by atoms with Crippen molar-refractivity contribution >= 4 is 40.7 Å². The summed E-state index contributed by atoms with van der Waals surface area (Å²) in [5, 5.41) is 3.54. The van der Waals surface area contributed by atoms with Crippen molar-refractivity contribution in [3.8, 4) is 0 Å². The smallest absolute Gasteiger partial charge is 0.291 e. The molecule has 146 valence electrons. The summed E-state index contributed by atoms with van der Waals surface area (Å²) in [6.07, 6.45) is 1.80. The van der Waals surface area contributed by atoms with Gasteiger partial charge in [-0.25, -0.2) is 4.90 Å². The number of hydrogen-bond acceptors (Lipinski definition) is 3. The summed E-state index contributed by atoms with van der Waals surface area (Å²) >= 11 is 5.99. The third-order valence-electron chi connectivity index (χ3n) is 7.21. The molecule has 1 unspecified atom stereocenters. The van der Waals surface area contributed by atoms with Gasteiger partial charge in [-0.3, -0.25) is 14.4 Å². The van der Waals surface area contributed by atoms with Crippen molar-refractivity contribution in [1.29, 1.82) is 0 Å². The molecule has 29 heavy (non-hydrogen) atoms. The molecule has 5 atom stereocenters. The van der Waals surface area contributed by atoms with Crippen LogP contribution < -0.4 is 15.1 Å². The van der Waals surface area contributed by atoms with Gasteiger partial charge in [-0.15, -0.1) is 0 Å². The summed E-state index contributed by atoms with van der Waals surface area (Å²) in [5.74, 6) is -1.80. The highest BCUT2D eigenvalue weighted by molar-refractivity contribution is 6.31. The van der Waals surface area contributed by atoms with Crippen LogP contribution in [0.2, 0.25) is 5.02 Å². The second kappa shape index (κ2) is 5.68. The summed E-state index contributed by atoms with van der Waals surface area (Å²) in [5.41, 5.74) is 1.08. The highest BCUT2D eigenvalue weighted by Gasteiger charge is 2.78. The number of anilines is 2. The number of fused-ring (bicyclic) bond motifs is 7. The Hall–Kier alpha value is -2.70. The second-order valence-corrected chi connectivity index (χ2v) is 8.76. The zero-order valence-electron chi connectivity index (χ0n) is 15.5. The minimum absolute atomic E-state index is 0.0225. The normalized spacial score (nSPS) is 34.5. The van der Waals surface area contributed by atoms with E-state index >= 15 is 0 Å². The third-order valence-corrected chi connectivity index (χ3v) is 7.46. The fraction of sp³-hybridized carbons (Fsp3) is 0.318. The number of imide groups is 1. The van der Waals surface area contributed by atoms with Crippen molar-refractivity contribution in [2.24, 2.45) is 11.8 Å². The fourth-order valence-electron chi connectivity index (χ4n) is 6.26. The predicted octanol–water partition coefficient (Wildman–Crippen LogP) is 1.35. The van der Waals surface area contributed by atoms with Gasteiger partial charge in [0.1, 0.15) is 17.9 Å². The molecule has 0 aromatic heterocycles. The Morgan fingerprint density at radius 3 is 2.59 bits per heavy atom. The van der Waals surface area contributed by atoms with E-state index in [4.69, 9.17) is 11.6 Å². The number of amides is 3. The van der Waals surface area contributed by atoms with E-state index in [1.54, 1.807) is 24.3 Å². The molecule has 6 nitrogen and oxygen atoms in total. The molecule has 2 N–H and O–H groups in total. The lowest BCUT2D eigenvalue weighted by Crippen LogP contribution is -3.19. The van der Waals surface area contributed by atoms with Crippen LogP contribution in [0, 0.1) is 11.8 Å². The minimum Gasteiger partial charge on any atom is -0.320 e. The topological polar surface area (TPSA) is 70.9 Å². The quantitative estimate of drug-likeness (QED) is 0.700. The highest BCUT2D eigenvalue weighted by atomic mass is 35.5. The van der Waals surface area contributed by atoms with Crippen LogP contribution in [0.25, 0.3) is 0 Å². The van der Waals surface area contributed by atoms with Crippen LogP contribution in [-0.4, -0.2) is 30.3 Å². The lowest BCUT2D eigenvalue weighted by Gasteiger charge is -2.33. The van der Waals surface area contributed by atoms with Gasteiger partial charge in [0.15, 0.2) is 0 Å². The van der Waals surface area contributed by atoms with Crippen molar-refractivity contribution in [1.82, 2.24) is 0 Å². The van der Waals surface area contributed by atoms with Crippen LogP contribution in [0.3, 0.4) is 0 Å². The summed E-state index contributed by atoms with van der Waals surface area (Å²) < 4.78 is 0. The maximum Gasteiger partial charge on any atom is 0.291 e. The zero-order valence-corrected chi connectivity index (χ0v) is 16.3. The molecule has 0 aliphatic carbocycles. The van der Waals surface area contributed by atoms with Crippen LogP contribution in [0.4, 0.5) is 11.4 Å².